The van der Waals surface area contributed by atoms with Gasteiger partial charge in [-0.25, -0.2) is 4.39 Å². The van der Waals surface area contributed by atoms with Crippen LogP contribution in [-0.4, -0.2) is 20.6 Å². The van der Waals surface area contributed by atoms with E-state index in [4.69, 9.17) is 0 Å². The Morgan fingerprint density at radius 2 is 2.00 bits per heavy atom. The van der Waals surface area contributed by atoms with Crippen molar-refractivity contribution in [2.45, 2.75) is 48.7 Å². The van der Waals surface area contributed by atoms with Gasteiger partial charge in [0.1, 0.15) is 17.1 Å². The summed E-state index contributed by atoms with van der Waals surface area (Å²) in [6.45, 7) is 1.83. The third-order valence-corrected chi connectivity index (χ3v) is 5.33. The number of thioether (sulfide) groups is 1. The number of rotatable bonds is 1. The second kappa shape index (κ2) is 3.95. The molecule has 3 rings (SSSR count). The van der Waals surface area contributed by atoms with Crippen molar-refractivity contribution in [1.29, 1.82) is 0 Å². The van der Waals surface area contributed by atoms with E-state index >= 15 is 0 Å². The molecule has 3 heterocycles. The molecule has 0 spiro atoms. The Morgan fingerprint density at radius 1 is 1.35 bits per heavy atom. The number of hydrogen-bond donors (Lipinski definition) is 1. The highest BCUT2D eigenvalue weighted by molar-refractivity contribution is 8.00. The van der Waals surface area contributed by atoms with Crippen molar-refractivity contribution in [1.82, 2.24) is 4.98 Å². The number of aromatic nitrogens is 1. The van der Waals surface area contributed by atoms with Gasteiger partial charge in [0.2, 0.25) is 0 Å². The van der Waals surface area contributed by atoms with Gasteiger partial charge in [0, 0.05) is 16.2 Å². The van der Waals surface area contributed by atoms with Gasteiger partial charge in [-0.05, 0) is 44.7 Å². The first-order valence-electron chi connectivity index (χ1n) is 6.08. The van der Waals surface area contributed by atoms with Crippen LogP contribution in [0.2, 0.25) is 0 Å². The highest BCUT2D eigenvalue weighted by Gasteiger charge is 2.46. The minimum absolute atomic E-state index is 0.259. The molecule has 0 amide bonds. The van der Waals surface area contributed by atoms with Crippen LogP contribution >= 0.6 is 11.8 Å². The average molecular weight is 253 g/mol. The lowest BCUT2D eigenvalue weighted by molar-refractivity contribution is 0.0115. The van der Waals surface area contributed by atoms with Crippen LogP contribution in [0.15, 0.2) is 12.1 Å². The first-order valence-corrected chi connectivity index (χ1v) is 7.02. The van der Waals surface area contributed by atoms with Gasteiger partial charge in [0.25, 0.3) is 0 Å². The third-order valence-electron chi connectivity index (χ3n) is 3.75. The number of aryl methyl sites for hydroxylation is 1. The Balaban J connectivity index is 1.99. The first-order chi connectivity index (χ1) is 8.07. The summed E-state index contributed by atoms with van der Waals surface area (Å²) in [7, 11) is 0. The van der Waals surface area contributed by atoms with E-state index in [0.717, 1.165) is 18.5 Å². The zero-order valence-electron chi connectivity index (χ0n) is 9.82. The van der Waals surface area contributed by atoms with Crippen molar-refractivity contribution in [2.75, 3.05) is 0 Å². The van der Waals surface area contributed by atoms with Crippen molar-refractivity contribution in [3.63, 3.8) is 0 Å². The standard InChI is InChI=1S/C13H16FNOS/c1-8-2-5-11(14)12(15-8)13(16)6-9-3-4-10(7-13)17-9/h2,5,9-10,16H,3-4,6-7H2,1H3. The summed E-state index contributed by atoms with van der Waals surface area (Å²) >= 11 is 1.95. The molecule has 0 radical (unpaired) electrons. The molecule has 1 aromatic rings. The number of fused-ring (bicyclic) bond motifs is 2. The Bertz CT molecular complexity index is 439. The fourth-order valence-corrected chi connectivity index (χ4v) is 4.81. The molecule has 2 nitrogen and oxygen atoms in total. The quantitative estimate of drug-likeness (QED) is 0.835. The number of halogens is 1. The second-order valence-electron chi connectivity index (χ2n) is 5.18. The summed E-state index contributed by atoms with van der Waals surface area (Å²) in [6.07, 6.45) is 3.57. The van der Waals surface area contributed by atoms with Gasteiger partial charge in [-0.1, -0.05) is 0 Å². The molecule has 2 fully saturated rings. The van der Waals surface area contributed by atoms with Crippen LogP contribution in [0.1, 0.15) is 37.1 Å². The largest absolute Gasteiger partial charge is 0.383 e. The molecule has 2 bridgehead atoms. The average Bonchev–Trinajstić information content (AvgIpc) is 2.62. The van der Waals surface area contributed by atoms with Crippen molar-refractivity contribution >= 4 is 11.8 Å². The summed E-state index contributed by atoms with van der Waals surface area (Å²) in [5, 5.41) is 11.7. The minimum Gasteiger partial charge on any atom is -0.383 e. The van der Waals surface area contributed by atoms with E-state index in [9.17, 15) is 9.50 Å². The molecule has 1 N–H and O–H groups in total. The normalized spacial score (nSPS) is 36.2. The molecule has 2 aliphatic heterocycles. The van der Waals surface area contributed by atoms with Crippen molar-refractivity contribution in [2.24, 2.45) is 0 Å². The molecule has 0 aliphatic carbocycles. The second-order valence-corrected chi connectivity index (χ2v) is 6.79. The molecule has 2 aliphatic rings. The molecule has 2 unspecified atom stereocenters. The fourth-order valence-electron chi connectivity index (χ4n) is 2.98. The summed E-state index contributed by atoms with van der Waals surface area (Å²) in [5.74, 6) is -0.371. The summed E-state index contributed by atoms with van der Waals surface area (Å²) in [5.41, 5.74) is -0.0252. The van der Waals surface area contributed by atoms with Crippen LogP contribution in [0, 0.1) is 12.7 Å². The predicted octanol–water partition coefficient (Wildman–Crippen LogP) is 2.77. The van der Waals surface area contributed by atoms with E-state index in [2.05, 4.69) is 4.98 Å². The van der Waals surface area contributed by atoms with Crippen LogP contribution in [-0.2, 0) is 5.60 Å². The first kappa shape index (κ1) is 11.5. The Labute approximate surface area is 105 Å². The van der Waals surface area contributed by atoms with E-state index in [0.29, 0.717) is 23.3 Å². The molecular weight excluding hydrogens is 237 g/mol. The van der Waals surface area contributed by atoms with Crippen molar-refractivity contribution in [3.05, 3.63) is 29.3 Å². The minimum atomic E-state index is -1.05. The lowest BCUT2D eigenvalue weighted by Crippen LogP contribution is -2.36. The lowest BCUT2D eigenvalue weighted by atomic mass is 9.89. The molecule has 4 heteroatoms. The number of nitrogens with zero attached hydrogens (tertiary/aromatic N) is 1. The topological polar surface area (TPSA) is 33.1 Å². The van der Waals surface area contributed by atoms with E-state index in [1.54, 1.807) is 6.07 Å². The molecule has 0 aromatic carbocycles. The van der Waals surface area contributed by atoms with E-state index in [1.807, 2.05) is 18.7 Å². The van der Waals surface area contributed by atoms with Crippen molar-refractivity contribution in [3.8, 4) is 0 Å². The molecule has 1 aromatic heterocycles. The van der Waals surface area contributed by atoms with Gasteiger partial charge >= 0.3 is 0 Å². The Morgan fingerprint density at radius 3 is 2.65 bits per heavy atom. The number of pyridine rings is 1. The number of hydrogen-bond acceptors (Lipinski definition) is 3. The molecule has 92 valence electrons. The van der Waals surface area contributed by atoms with Crippen LogP contribution in [0.25, 0.3) is 0 Å². The third kappa shape index (κ3) is 1.97. The maximum absolute atomic E-state index is 13.8. The van der Waals surface area contributed by atoms with Gasteiger partial charge in [0.15, 0.2) is 0 Å². The summed E-state index contributed by atoms with van der Waals surface area (Å²) in [6, 6.07) is 3.06. The maximum Gasteiger partial charge on any atom is 0.147 e. The SMILES string of the molecule is Cc1ccc(F)c(C2(O)CC3CCC(C2)S3)n1. The van der Waals surface area contributed by atoms with Gasteiger partial charge in [-0.15, -0.1) is 0 Å². The number of aliphatic hydroxyl groups is 1. The smallest absolute Gasteiger partial charge is 0.147 e. The molecule has 2 atom stereocenters. The van der Waals surface area contributed by atoms with Gasteiger partial charge < -0.3 is 5.11 Å². The molecule has 0 saturated carbocycles. The fraction of sp³-hybridized carbons (Fsp3) is 0.615. The van der Waals surface area contributed by atoms with E-state index in [1.165, 1.54) is 6.07 Å². The summed E-state index contributed by atoms with van der Waals surface area (Å²) in [4.78, 5) is 4.23. The van der Waals surface area contributed by atoms with Crippen LogP contribution in [0.5, 0.6) is 0 Å². The highest BCUT2D eigenvalue weighted by Crippen LogP contribution is 2.51. The summed E-state index contributed by atoms with van der Waals surface area (Å²) < 4.78 is 13.8. The van der Waals surface area contributed by atoms with Gasteiger partial charge in [-0.3, -0.25) is 4.98 Å². The highest BCUT2D eigenvalue weighted by atomic mass is 32.2. The van der Waals surface area contributed by atoms with Gasteiger partial charge in [-0.2, -0.15) is 11.8 Å². The van der Waals surface area contributed by atoms with E-state index in [-0.39, 0.29) is 11.5 Å². The van der Waals surface area contributed by atoms with Gasteiger partial charge in [0.05, 0.1) is 0 Å². The maximum atomic E-state index is 13.8. The zero-order chi connectivity index (χ0) is 12.0. The van der Waals surface area contributed by atoms with Crippen LogP contribution in [0.3, 0.4) is 0 Å². The molecule has 2 saturated heterocycles. The molecule has 17 heavy (non-hydrogen) atoms. The molecular formula is C13H16FNOS. The Kier molecular flexibility index (Phi) is 2.67. The van der Waals surface area contributed by atoms with Crippen LogP contribution in [0.4, 0.5) is 4.39 Å². The Hall–Kier alpha value is -0.610. The van der Waals surface area contributed by atoms with E-state index < -0.39 is 5.60 Å². The zero-order valence-corrected chi connectivity index (χ0v) is 10.6. The predicted molar refractivity (Wildman–Crippen MR) is 66.5 cm³/mol. The van der Waals surface area contributed by atoms with Crippen LogP contribution < -0.4 is 0 Å². The lowest BCUT2D eigenvalue weighted by Gasteiger charge is -2.35. The monoisotopic (exact) mass is 253 g/mol. The van der Waals surface area contributed by atoms with Crippen molar-refractivity contribution < 1.29 is 9.50 Å².